The molecule has 0 aromatic heterocycles. The second kappa shape index (κ2) is 4.16. The van der Waals surface area contributed by atoms with E-state index < -0.39 is 17.7 Å². The van der Waals surface area contributed by atoms with Gasteiger partial charge in [-0.05, 0) is 30.7 Å². The summed E-state index contributed by atoms with van der Waals surface area (Å²) in [5, 5.41) is 2.68. The van der Waals surface area contributed by atoms with E-state index in [2.05, 4.69) is 5.32 Å². The standard InChI is InChI=1S/C12H12F2N2O/c1-7-5-11(15-12(17)16(7)2)8-3-4-9(13)10(14)6-8/h3-6,11H,1-2H3,(H,15,17)/t11-/m1/s1. The van der Waals surface area contributed by atoms with Gasteiger partial charge >= 0.3 is 6.03 Å². The number of carbonyl (C=O) groups is 1. The van der Waals surface area contributed by atoms with Crippen molar-refractivity contribution in [2.24, 2.45) is 0 Å². The van der Waals surface area contributed by atoms with Crippen LogP contribution in [0, 0.1) is 11.6 Å². The maximum atomic E-state index is 13.1. The Kier molecular flexibility index (Phi) is 2.83. The van der Waals surface area contributed by atoms with Crippen molar-refractivity contribution in [3.05, 3.63) is 47.2 Å². The minimum absolute atomic E-state index is 0.264. The van der Waals surface area contributed by atoms with E-state index in [9.17, 15) is 13.6 Å². The van der Waals surface area contributed by atoms with Crippen molar-refractivity contribution in [2.75, 3.05) is 7.05 Å². The molecular formula is C12H12F2N2O. The molecule has 0 spiro atoms. The van der Waals surface area contributed by atoms with Crippen molar-refractivity contribution in [1.82, 2.24) is 10.2 Å². The molecule has 1 aromatic carbocycles. The molecule has 1 atom stereocenters. The maximum Gasteiger partial charge on any atom is 0.322 e. The molecule has 0 unspecified atom stereocenters. The molecule has 2 rings (SSSR count). The van der Waals surface area contributed by atoms with E-state index in [0.29, 0.717) is 5.56 Å². The fraction of sp³-hybridized carbons (Fsp3) is 0.250. The fourth-order valence-corrected chi connectivity index (χ4v) is 1.67. The summed E-state index contributed by atoms with van der Waals surface area (Å²) in [5.74, 6) is -1.81. The molecule has 17 heavy (non-hydrogen) atoms. The number of nitrogens with zero attached hydrogens (tertiary/aromatic N) is 1. The van der Waals surface area contributed by atoms with E-state index >= 15 is 0 Å². The fourth-order valence-electron chi connectivity index (χ4n) is 1.67. The highest BCUT2D eigenvalue weighted by atomic mass is 19.2. The topological polar surface area (TPSA) is 32.3 Å². The zero-order valence-electron chi connectivity index (χ0n) is 9.50. The van der Waals surface area contributed by atoms with Gasteiger partial charge in [-0.1, -0.05) is 6.07 Å². The van der Waals surface area contributed by atoms with Crippen LogP contribution < -0.4 is 5.32 Å². The third-order valence-corrected chi connectivity index (χ3v) is 2.82. The van der Waals surface area contributed by atoms with Gasteiger partial charge in [-0.2, -0.15) is 0 Å². The summed E-state index contributed by atoms with van der Waals surface area (Å²) in [7, 11) is 1.64. The Hall–Kier alpha value is -1.91. The van der Waals surface area contributed by atoms with Crippen molar-refractivity contribution in [1.29, 1.82) is 0 Å². The number of allylic oxidation sites excluding steroid dienone is 1. The summed E-state index contributed by atoms with van der Waals surface area (Å²) < 4.78 is 25.9. The maximum absolute atomic E-state index is 13.1. The van der Waals surface area contributed by atoms with Crippen LogP contribution in [0.2, 0.25) is 0 Å². The van der Waals surface area contributed by atoms with Gasteiger partial charge in [0.1, 0.15) is 0 Å². The Labute approximate surface area is 97.7 Å². The van der Waals surface area contributed by atoms with E-state index in [1.54, 1.807) is 20.0 Å². The zero-order valence-corrected chi connectivity index (χ0v) is 9.50. The predicted molar refractivity (Wildman–Crippen MR) is 59.2 cm³/mol. The number of carbonyl (C=O) groups excluding carboxylic acids is 1. The molecule has 0 radical (unpaired) electrons. The van der Waals surface area contributed by atoms with Gasteiger partial charge in [0.15, 0.2) is 11.6 Å². The smallest absolute Gasteiger partial charge is 0.322 e. The Morgan fingerprint density at radius 1 is 1.29 bits per heavy atom. The van der Waals surface area contributed by atoms with Crippen LogP contribution in [0.1, 0.15) is 18.5 Å². The molecule has 0 saturated carbocycles. The highest BCUT2D eigenvalue weighted by Crippen LogP contribution is 2.23. The highest BCUT2D eigenvalue weighted by Gasteiger charge is 2.22. The summed E-state index contributed by atoms with van der Waals surface area (Å²) in [6, 6.07) is 2.92. The van der Waals surface area contributed by atoms with E-state index in [0.717, 1.165) is 17.8 Å². The molecule has 0 saturated heterocycles. The third kappa shape index (κ3) is 2.13. The summed E-state index contributed by atoms with van der Waals surface area (Å²) in [5.41, 5.74) is 1.29. The van der Waals surface area contributed by atoms with E-state index in [4.69, 9.17) is 0 Å². The van der Waals surface area contributed by atoms with E-state index in [1.807, 2.05) is 0 Å². The molecule has 90 valence electrons. The van der Waals surface area contributed by atoms with Crippen LogP contribution in [0.5, 0.6) is 0 Å². The number of hydrogen-bond acceptors (Lipinski definition) is 1. The number of hydrogen-bond donors (Lipinski definition) is 1. The zero-order chi connectivity index (χ0) is 12.6. The quantitative estimate of drug-likeness (QED) is 0.801. The normalized spacial score (nSPS) is 20.0. The number of benzene rings is 1. The molecule has 0 bridgehead atoms. The first kappa shape index (κ1) is 11.6. The third-order valence-electron chi connectivity index (χ3n) is 2.82. The first-order valence-corrected chi connectivity index (χ1v) is 5.16. The van der Waals surface area contributed by atoms with Gasteiger partial charge in [0.05, 0.1) is 6.04 Å². The minimum atomic E-state index is -0.915. The molecule has 1 aliphatic heterocycles. The lowest BCUT2D eigenvalue weighted by Gasteiger charge is -2.28. The average Bonchev–Trinajstić information content (AvgIpc) is 2.29. The number of rotatable bonds is 1. The van der Waals surface area contributed by atoms with Gasteiger partial charge in [-0.25, -0.2) is 13.6 Å². The Morgan fingerprint density at radius 2 is 2.00 bits per heavy atom. The van der Waals surface area contributed by atoms with Crippen molar-refractivity contribution < 1.29 is 13.6 Å². The lowest BCUT2D eigenvalue weighted by molar-refractivity contribution is 0.212. The molecule has 1 N–H and O–H groups in total. The van der Waals surface area contributed by atoms with Crippen LogP contribution in [-0.2, 0) is 0 Å². The number of nitrogens with one attached hydrogen (secondary N) is 1. The first-order valence-electron chi connectivity index (χ1n) is 5.16. The van der Waals surface area contributed by atoms with Crippen LogP contribution in [0.25, 0.3) is 0 Å². The molecule has 1 heterocycles. The SMILES string of the molecule is CC1=C[C@H](c2ccc(F)c(F)c2)NC(=O)N1C. The van der Waals surface area contributed by atoms with Gasteiger partial charge in [-0.3, -0.25) is 0 Å². The van der Waals surface area contributed by atoms with E-state index in [-0.39, 0.29) is 6.03 Å². The Balaban J connectivity index is 2.35. The summed E-state index contributed by atoms with van der Waals surface area (Å²) in [6.07, 6.45) is 1.79. The molecule has 0 aliphatic carbocycles. The predicted octanol–water partition coefficient (Wildman–Crippen LogP) is 2.56. The Morgan fingerprint density at radius 3 is 2.59 bits per heavy atom. The van der Waals surface area contributed by atoms with Crippen LogP contribution in [0.15, 0.2) is 30.0 Å². The number of halogens is 2. The monoisotopic (exact) mass is 238 g/mol. The lowest BCUT2D eigenvalue weighted by atomic mass is 10.0. The largest absolute Gasteiger partial charge is 0.327 e. The van der Waals surface area contributed by atoms with Gasteiger partial charge in [0.2, 0.25) is 0 Å². The number of urea groups is 1. The highest BCUT2D eigenvalue weighted by molar-refractivity contribution is 5.78. The van der Waals surface area contributed by atoms with Crippen LogP contribution in [-0.4, -0.2) is 18.0 Å². The molecule has 1 aromatic rings. The lowest BCUT2D eigenvalue weighted by Crippen LogP contribution is -2.42. The molecular weight excluding hydrogens is 226 g/mol. The van der Waals surface area contributed by atoms with Gasteiger partial charge < -0.3 is 10.2 Å². The van der Waals surface area contributed by atoms with Crippen LogP contribution in [0.4, 0.5) is 13.6 Å². The van der Waals surface area contributed by atoms with Gasteiger partial charge in [0, 0.05) is 12.7 Å². The average molecular weight is 238 g/mol. The second-order valence-electron chi connectivity index (χ2n) is 3.97. The van der Waals surface area contributed by atoms with Crippen molar-refractivity contribution in [3.8, 4) is 0 Å². The molecule has 0 fully saturated rings. The minimum Gasteiger partial charge on any atom is -0.327 e. The van der Waals surface area contributed by atoms with Crippen molar-refractivity contribution in [2.45, 2.75) is 13.0 Å². The molecule has 1 aliphatic rings. The summed E-state index contributed by atoms with van der Waals surface area (Å²) >= 11 is 0. The first-order chi connectivity index (χ1) is 7.99. The summed E-state index contributed by atoms with van der Waals surface area (Å²) in [4.78, 5) is 13.0. The van der Waals surface area contributed by atoms with Crippen molar-refractivity contribution >= 4 is 6.03 Å². The molecule has 2 amide bonds. The molecule has 3 nitrogen and oxygen atoms in total. The van der Waals surface area contributed by atoms with Crippen molar-refractivity contribution in [3.63, 3.8) is 0 Å². The van der Waals surface area contributed by atoms with E-state index in [1.165, 1.54) is 11.0 Å². The van der Waals surface area contributed by atoms with Crippen LogP contribution >= 0.6 is 0 Å². The van der Waals surface area contributed by atoms with Gasteiger partial charge in [0.25, 0.3) is 0 Å². The molecule has 5 heteroatoms. The van der Waals surface area contributed by atoms with Crippen LogP contribution in [0.3, 0.4) is 0 Å². The Bertz CT molecular complexity index is 499. The summed E-state index contributed by atoms with van der Waals surface area (Å²) in [6.45, 7) is 1.78. The number of amides is 2. The van der Waals surface area contributed by atoms with Gasteiger partial charge in [-0.15, -0.1) is 0 Å². The second-order valence-corrected chi connectivity index (χ2v) is 3.97.